The van der Waals surface area contributed by atoms with E-state index in [1.54, 1.807) is 13.0 Å². The Morgan fingerprint density at radius 1 is 1.17 bits per heavy atom. The second-order valence-corrected chi connectivity index (χ2v) is 6.65. The summed E-state index contributed by atoms with van der Waals surface area (Å²) < 4.78 is 40.5. The SMILES string of the molecule is COc1ccc(Cl)cc1S(=O)(=O)Oc1ccc2oc(C)nc2c1. The Bertz CT molecular complexity index is 981. The van der Waals surface area contributed by atoms with Crippen LogP contribution in [0.3, 0.4) is 0 Å². The van der Waals surface area contributed by atoms with E-state index in [4.69, 9.17) is 24.9 Å². The minimum atomic E-state index is -4.11. The molecule has 3 rings (SSSR count). The van der Waals surface area contributed by atoms with Gasteiger partial charge in [-0.1, -0.05) is 11.6 Å². The van der Waals surface area contributed by atoms with Gasteiger partial charge in [0.25, 0.3) is 0 Å². The topological polar surface area (TPSA) is 78.6 Å². The molecule has 0 bridgehead atoms. The Kier molecular flexibility index (Phi) is 3.91. The third-order valence-electron chi connectivity index (χ3n) is 3.07. The zero-order valence-electron chi connectivity index (χ0n) is 12.2. The molecule has 0 spiro atoms. The molecule has 0 aliphatic rings. The first-order valence-electron chi connectivity index (χ1n) is 6.54. The van der Waals surface area contributed by atoms with Crippen LogP contribution in [0.25, 0.3) is 11.1 Å². The van der Waals surface area contributed by atoms with Crippen molar-refractivity contribution >= 4 is 32.8 Å². The average Bonchev–Trinajstić information content (AvgIpc) is 2.86. The molecule has 0 aliphatic carbocycles. The van der Waals surface area contributed by atoms with E-state index in [0.29, 0.717) is 17.0 Å². The van der Waals surface area contributed by atoms with Crippen molar-refractivity contribution in [1.82, 2.24) is 4.98 Å². The number of halogens is 1. The highest BCUT2D eigenvalue weighted by Crippen LogP contribution is 2.30. The van der Waals surface area contributed by atoms with Crippen molar-refractivity contribution in [2.45, 2.75) is 11.8 Å². The number of rotatable bonds is 4. The number of methoxy groups -OCH3 is 1. The van der Waals surface area contributed by atoms with E-state index in [2.05, 4.69) is 4.98 Å². The van der Waals surface area contributed by atoms with E-state index < -0.39 is 10.1 Å². The smallest absolute Gasteiger partial charge is 0.342 e. The van der Waals surface area contributed by atoms with Gasteiger partial charge in [0, 0.05) is 18.0 Å². The van der Waals surface area contributed by atoms with Crippen LogP contribution in [0.4, 0.5) is 0 Å². The molecule has 3 aromatic rings. The van der Waals surface area contributed by atoms with Crippen LogP contribution in [0.1, 0.15) is 5.89 Å². The molecule has 0 fully saturated rings. The lowest BCUT2D eigenvalue weighted by Gasteiger charge is -2.10. The molecule has 1 aromatic heterocycles. The summed E-state index contributed by atoms with van der Waals surface area (Å²) in [5.41, 5.74) is 1.06. The molecule has 120 valence electrons. The molecule has 0 amide bonds. The normalized spacial score (nSPS) is 11.6. The number of hydrogen-bond acceptors (Lipinski definition) is 6. The van der Waals surface area contributed by atoms with Crippen LogP contribution in [0.15, 0.2) is 45.7 Å². The van der Waals surface area contributed by atoms with Crippen molar-refractivity contribution in [3.63, 3.8) is 0 Å². The van der Waals surface area contributed by atoms with Crippen LogP contribution in [0, 0.1) is 6.92 Å². The summed E-state index contributed by atoms with van der Waals surface area (Å²) in [5, 5.41) is 0.260. The molecule has 8 heteroatoms. The fraction of sp³-hybridized carbons (Fsp3) is 0.133. The molecule has 0 saturated carbocycles. The lowest BCUT2D eigenvalue weighted by atomic mass is 10.3. The monoisotopic (exact) mass is 353 g/mol. The molecule has 0 atom stereocenters. The van der Waals surface area contributed by atoms with Gasteiger partial charge in [-0.05, 0) is 30.3 Å². The largest absolute Gasteiger partial charge is 0.495 e. The number of aromatic nitrogens is 1. The molecule has 2 aromatic carbocycles. The van der Waals surface area contributed by atoms with Crippen molar-refractivity contribution in [3.05, 3.63) is 47.3 Å². The molecule has 1 heterocycles. The van der Waals surface area contributed by atoms with Crippen molar-refractivity contribution < 1.29 is 21.8 Å². The average molecular weight is 354 g/mol. The molecule has 0 saturated heterocycles. The zero-order chi connectivity index (χ0) is 16.6. The maximum Gasteiger partial charge on any atom is 0.342 e. The summed E-state index contributed by atoms with van der Waals surface area (Å²) in [7, 11) is -2.74. The van der Waals surface area contributed by atoms with Gasteiger partial charge in [-0.25, -0.2) is 4.98 Å². The van der Waals surface area contributed by atoms with Gasteiger partial charge in [-0.15, -0.1) is 0 Å². The summed E-state index contributed by atoms with van der Waals surface area (Å²) in [5.74, 6) is 0.747. The lowest BCUT2D eigenvalue weighted by Crippen LogP contribution is -2.11. The Morgan fingerprint density at radius 3 is 2.70 bits per heavy atom. The number of ether oxygens (including phenoxy) is 1. The van der Waals surface area contributed by atoms with E-state index >= 15 is 0 Å². The van der Waals surface area contributed by atoms with Crippen LogP contribution >= 0.6 is 11.6 Å². The van der Waals surface area contributed by atoms with Gasteiger partial charge in [-0.3, -0.25) is 0 Å². The molecule has 0 radical (unpaired) electrons. The van der Waals surface area contributed by atoms with Gasteiger partial charge in [0.05, 0.1) is 7.11 Å². The number of fused-ring (bicyclic) bond motifs is 1. The summed E-state index contributed by atoms with van der Waals surface area (Å²) in [6, 6.07) is 8.83. The summed E-state index contributed by atoms with van der Waals surface area (Å²) in [4.78, 5) is 3.99. The maximum atomic E-state index is 12.5. The number of nitrogens with zero attached hydrogens (tertiary/aromatic N) is 1. The zero-order valence-corrected chi connectivity index (χ0v) is 13.8. The predicted octanol–water partition coefficient (Wildman–Crippen LogP) is 3.57. The number of benzene rings is 2. The quantitative estimate of drug-likeness (QED) is 0.667. The van der Waals surface area contributed by atoms with Crippen LogP contribution in [-0.4, -0.2) is 20.5 Å². The first-order chi connectivity index (χ1) is 10.9. The number of aryl methyl sites for hydroxylation is 1. The molecular weight excluding hydrogens is 342 g/mol. The predicted molar refractivity (Wildman–Crippen MR) is 84.6 cm³/mol. The molecule has 0 unspecified atom stereocenters. The highest BCUT2D eigenvalue weighted by molar-refractivity contribution is 7.87. The maximum absolute atomic E-state index is 12.5. The van der Waals surface area contributed by atoms with Crippen LogP contribution in [-0.2, 0) is 10.1 Å². The van der Waals surface area contributed by atoms with Gasteiger partial charge in [-0.2, -0.15) is 8.42 Å². The Balaban J connectivity index is 2.01. The number of hydrogen-bond donors (Lipinski definition) is 0. The van der Waals surface area contributed by atoms with Crippen LogP contribution in [0.2, 0.25) is 5.02 Å². The van der Waals surface area contributed by atoms with Crippen molar-refractivity contribution in [3.8, 4) is 11.5 Å². The first kappa shape index (κ1) is 15.6. The molecule has 23 heavy (non-hydrogen) atoms. The van der Waals surface area contributed by atoms with E-state index in [1.165, 1.54) is 37.4 Å². The second kappa shape index (κ2) is 5.75. The van der Waals surface area contributed by atoms with Gasteiger partial charge in [0.1, 0.15) is 21.9 Å². The fourth-order valence-corrected chi connectivity index (χ4v) is 3.44. The third kappa shape index (κ3) is 3.11. The van der Waals surface area contributed by atoms with Gasteiger partial charge in [0.2, 0.25) is 0 Å². The summed E-state index contributed by atoms with van der Waals surface area (Å²) >= 11 is 5.87. The van der Waals surface area contributed by atoms with Crippen LogP contribution < -0.4 is 8.92 Å². The van der Waals surface area contributed by atoms with Gasteiger partial charge < -0.3 is 13.3 Å². The minimum absolute atomic E-state index is 0.118. The second-order valence-electron chi connectivity index (χ2n) is 4.70. The van der Waals surface area contributed by atoms with E-state index in [-0.39, 0.29) is 21.4 Å². The standard InChI is InChI=1S/C15H12ClNO5S/c1-9-17-12-8-11(4-6-13(12)21-9)22-23(18,19)15-7-10(16)3-5-14(15)20-2/h3-8H,1-2H3. The lowest BCUT2D eigenvalue weighted by molar-refractivity contribution is 0.398. The number of oxazole rings is 1. The van der Waals surface area contributed by atoms with Gasteiger partial charge >= 0.3 is 10.1 Å². The van der Waals surface area contributed by atoms with Crippen molar-refractivity contribution in [1.29, 1.82) is 0 Å². The van der Waals surface area contributed by atoms with E-state index in [1.807, 2.05) is 0 Å². The van der Waals surface area contributed by atoms with Gasteiger partial charge in [0.15, 0.2) is 11.5 Å². The Labute approximate surface area is 137 Å². The van der Waals surface area contributed by atoms with Crippen molar-refractivity contribution in [2.75, 3.05) is 7.11 Å². The van der Waals surface area contributed by atoms with Crippen molar-refractivity contribution in [2.24, 2.45) is 0 Å². The van der Waals surface area contributed by atoms with E-state index in [0.717, 1.165) is 0 Å². The molecule has 0 N–H and O–H groups in total. The third-order valence-corrected chi connectivity index (χ3v) is 4.57. The molecular formula is C15H12ClNO5S. The molecule has 0 aliphatic heterocycles. The molecule has 6 nitrogen and oxygen atoms in total. The summed E-state index contributed by atoms with van der Waals surface area (Å²) in [6.45, 7) is 1.70. The fourth-order valence-electron chi connectivity index (χ4n) is 2.09. The highest BCUT2D eigenvalue weighted by Gasteiger charge is 2.23. The summed E-state index contributed by atoms with van der Waals surface area (Å²) in [6.07, 6.45) is 0. The highest BCUT2D eigenvalue weighted by atomic mass is 35.5. The van der Waals surface area contributed by atoms with E-state index in [9.17, 15) is 8.42 Å². The Morgan fingerprint density at radius 2 is 1.96 bits per heavy atom. The first-order valence-corrected chi connectivity index (χ1v) is 8.33. The Hall–Kier alpha value is -2.25. The minimum Gasteiger partial charge on any atom is -0.495 e. The van der Waals surface area contributed by atoms with Crippen LogP contribution in [0.5, 0.6) is 11.5 Å².